The summed E-state index contributed by atoms with van der Waals surface area (Å²) < 4.78 is 31.7. The lowest BCUT2D eigenvalue weighted by atomic mass is 9.44. The molecule has 2 spiro atoms. The Kier molecular flexibility index (Phi) is 9.35. The smallest absolute Gasteiger partial charge is 0.334 e. The number of rotatable bonds is 13. The molecule has 3 aromatic rings. The van der Waals surface area contributed by atoms with Crippen molar-refractivity contribution in [2.24, 2.45) is 17.3 Å². The lowest BCUT2D eigenvalue weighted by Gasteiger charge is -2.56. The molecule has 1 N–H and O–H groups in total. The number of halogens is 1. The summed E-state index contributed by atoms with van der Waals surface area (Å²) >= 11 is 0. The maximum Gasteiger partial charge on any atom is 0.334 e. The molecule has 7 aliphatic rings. The molecular weight excluding hydrogens is 791 g/mol. The van der Waals surface area contributed by atoms with E-state index in [0.717, 1.165) is 49.4 Å². The Labute approximate surface area is 340 Å². The minimum absolute atomic E-state index is 0. The highest BCUT2D eigenvalue weighted by Crippen LogP contribution is 2.85. The van der Waals surface area contributed by atoms with Crippen LogP contribution in [0.2, 0.25) is 0 Å². The molecule has 3 aromatic carbocycles. The fourth-order valence-electron chi connectivity index (χ4n) is 12.4. The van der Waals surface area contributed by atoms with Gasteiger partial charge in [-0.05, 0) is 92.3 Å². The quantitative estimate of drug-likeness (QED) is 0.121. The summed E-state index contributed by atoms with van der Waals surface area (Å²) in [6.45, 7) is 6.50. The molecule has 0 aromatic heterocycles. The minimum Gasteiger partial charge on any atom is -1.00 e. The van der Waals surface area contributed by atoms with Crippen LogP contribution in [-0.2, 0) is 33.3 Å². The third-order valence-corrected chi connectivity index (χ3v) is 19.6. The molecule has 4 aliphatic heterocycles. The molecule has 10 heteroatoms. The molecule has 5 fully saturated rings. The first-order valence-corrected chi connectivity index (χ1v) is 22.4. The standard InChI is InChI=1S/C46H52O8P.BrH/c1-30(2)44-39(53-44)40-46(54-40)42(3)25-24-34-35(28-50-41(34)48)36(42)27-37-45(46,52-37)43(44,49)29-51-38(47)23-15-4-5-16-26-55(31-17-9-6-10-18-31,32-19-11-7-12-20-32)33-21-13-8-14-22-33;/h6-14,17-22,30,36-37,39-40,49H,4-5,15-16,23-29H2,1-3H3;1H/q+1;/p-1/t36-,37-,39-,40-,42-,43-,44-,45+,46+;/m0./s1. The second kappa shape index (κ2) is 13.6. The minimum atomic E-state index is -1.89. The predicted molar refractivity (Wildman–Crippen MR) is 210 cm³/mol. The van der Waals surface area contributed by atoms with Crippen molar-refractivity contribution in [2.45, 2.75) is 113 Å². The third-order valence-electron chi connectivity index (χ3n) is 15.0. The molecule has 9 atom stereocenters. The van der Waals surface area contributed by atoms with E-state index in [4.69, 9.17) is 23.7 Å². The lowest BCUT2D eigenvalue weighted by molar-refractivity contribution is -0.197. The Morgan fingerprint density at radius 2 is 1.45 bits per heavy atom. The van der Waals surface area contributed by atoms with E-state index in [0.29, 0.717) is 19.4 Å². The zero-order valence-electron chi connectivity index (χ0n) is 32.5. The van der Waals surface area contributed by atoms with Crippen LogP contribution in [0.25, 0.3) is 0 Å². The van der Waals surface area contributed by atoms with E-state index < -0.39 is 29.7 Å². The SMILES string of the molecule is CC(C)[C@]12O[C@H]1[C@@H]1O[C@]13[C@]1(O[C@H]1C[C@H]1C4=C(CC[C@@]13C)C(=O)OC4)[C@]2(O)COC(=O)CCCCCC[P+](c1ccccc1)(c1ccccc1)c1ccccc1.[Br-]. The van der Waals surface area contributed by atoms with Gasteiger partial charge in [-0.15, -0.1) is 0 Å². The topological polar surface area (TPSA) is 110 Å². The number of unbranched alkanes of at least 4 members (excludes halogenated alkanes) is 3. The second-order valence-electron chi connectivity index (χ2n) is 17.6. The van der Waals surface area contributed by atoms with Crippen molar-refractivity contribution < 1.29 is 55.4 Å². The summed E-state index contributed by atoms with van der Waals surface area (Å²) in [5, 5.41) is 17.2. The zero-order valence-corrected chi connectivity index (χ0v) is 34.9. The number of hydrogen-bond donors (Lipinski definition) is 1. The Morgan fingerprint density at radius 1 is 0.839 bits per heavy atom. The van der Waals surface area contributed by atoms with Crippen molar-refractivity contribution in [3.05, 3.63) is 102 Å². The van der Waals surface area contributed by atoms with Crippen molar-refractivity contribution in [3.63, 3.8) is 0 Å². The Morgan fingerprint density at radius 3 is 2.05 bits per heavy atom. The first-order valence-electron chi connectivity index (χ1n) is 20.5. The van der Waals surface area contributed by atoms with Crippen molar-refractivity contribution in [1.82, 2.24) is 0 Å². The van der Waals surface area contributed by atoms with Crippen LogP contribution < -0.4 is 32.9 Å². The highest BCUT2D eigenvalue weighted by molar-refractivity contribution is 7.95. The van der Waals surface area contributed by atoms with Gasteiger partial charge in [0, 0.05) is 17.4 Å². The van der Waals surface area contributed by atoms with Gasteiger partial charge >= 0.3 is 11.9 Å². The van der Waals surface area contributed by atoms with Gasteiger partial charge in [0.2, 0.25) is 0 Å². The predicted octanol–water partition coefficient (Wildman–Crippen LogP) is 2.97. The number of esters is 2. The van der Waals surface area contributed by atoms with Gasteiger partial charge < -0.3 is 45.8 Å². The van der Waals surface area contributed by atoms with Crippen molar-refractivity contribution in [2.75, 3.05) is 19.4 Å². The number of hydrogen-bond acceptors (Lipinski definition) is 8. The van der Waals surface area contributed by atoms with Gasteiger partial charge in [-0.2, -0.15) is 0 Å². The molecule has 10 rings (SSSR count). The van der Waals surface area contributed by atoms with E-state index in [1.54, 1.807) is 0 Å². The molecule has 2 saturated carbocycles. The number of benzene rings is 3. The summed E-state index contributed by atoms with van der Waals surface area (Å²) in [6, 6.07) is 32.9. The summed E-state index contributed by atoms with van der Waals surface area (Å²) in [6.07, 6.45) is 6.24. The van der Waals surface area contributed by atoms with E-state index in [9.17, 15) is 14.7 Å². The molecule has 0 bridgehead atoms. The maximum atomic E-state index is 13.5. The molecule has 296 valence electrons. The first kappa shape index (κ1) is 38.6. The average Bonchev–Trinajstić information content (AvgIpc) is 4.13. The van der Waals surface area contributed by atoms with Crippen LogP contribution >= 0.6 is 7.26 Å². The molecule has 0 radical (unpaired) electrons. The van der Waals surface area contributed by atoms with E-state index in [1.807, 2.05) is 0 Å². The van der Waals surface area contributed by atoms with Crippen LogP contribution in [0, 0.1) is 17.3 Å². The molecule has 3 aliphatic carbocycles. The molecule has 56 heavy (non-hydrogen) atoms. The monoisotopic (exact) mass is 842 g/mol. The molecule has 3 saturated heterocycles. The van der Waals surface area contributed by atoms with Crippen molar-refractivity contribution in [1.29, 1.82) is 0 Å². The number of fused-ring (bicyclic) bond motifs is 4. The molecule has 8 nitrogen and oxygen atoms in total. The Bertz CT molecular complexity index is 1950. The van der Waals surface area contributed by atoms with Gasteiger partial charge in [0.1, 0.15) is 59.8 Å². The molecule has 0 unspecified atom stereocenters. The van der Waals surface area contributed by atoms with Crippen LogP contribution in [-0.4, -0.2) is 77.1 Å². The Balaban J connectivity index is 0.00000410. The van der Waals surface area contributed by atoms with E-state index in [2.05, 4.69) is 112 Å². The van der Waals surface area contributed by atoms with Crippen LogP contribution in [0.3, 0.4) is 0 Å². The van der Waals surface area contributed by atoms with Gasteiger partial charge in [0.25, 0.3) is 0 Å². The van der Waals surface area contributed by atoms with E-state index in [1.165, 1.54) is 15.9 Å². The van der Waals surface area contributed by atoms with Gasteiger partial charge in [0.05, 0.1) is 12.3 Å². The summed E-state index contributed by atoms with van der Waals surface area (Å²) in [5.41, 5.74) is -2.81. The summed E-state index contributed by atoms with van der Waals surface area (Å²) in [5.74, 6) is -0.494. The average molecular weight is 844 g/mol. The normalized spacial score (nSPS) is 36.8. The first-order chi connectivity index (χ1) is 26.6. The molecule has 0 amide bonds. The number of epoxide rings is 3. The van der Waals surface area contributed by atoms with Crippen LogP contribution in [0.15, 0.2) is 102 Å². The Hall–Kier alpha value is -2.91. The van der Waals surface area contributed by atoms with Gasteiger partial charge in [0.15, 0.2) is 11.2 Å². The van der Waals surface area contributed by atoms with Crippen molar-refractivity contribution >= 4 is 35.1 Å². The fourth-order valence-corrected chi connectivity index (χ4v) is 16.8. The van der Waals surface area contributed by atoms with Gasteiger partial charge in [-0.1, -0.05) is 81.8 Å². The van der Waals surface area contributed by atoms with Crippen LogP contribution in [0.4, 0.5) is 0 Å². The van der Waals surface area contributed by atoms with Crippen molar-refractivity contribution in [3.8, 4) is 0 Å². The summed E-state index contributed by atoms with van der Waals surface area (Å²) in [4.78, 5) is 26.0. The third kappa shape index (κ3) is 4.94. The molecule has 4 heterocycles. The zero-order chi connectivity index (χ0) is 37.8. The van der Waals surface area contributed by atoms with E-state index in [-0.39, 0.29) is 77.5 Å². The highest BCUT2D eigenvalue weighted by atomic mass is 79.9. The largest absolute Gasteiger partial charge is 1.00 e. The maximum absolute atomic E-state index is 13.5. The van der Waals surface area contributed by atoms with Gasteiger partial charge in [-0.3, -0.25) is 4.79 Å². The lowest BCUT2D eigenvalue weighted by Crippen LogP contribution is -3.00. The number of ether oxygens (including phenoxy) is 5. The number of carbonyl (C=O) groups excluding carboxylic acids is 2. The second-order valence-corrected chi connectivity index (χ2v) is 21.2. The van der Waals surface area contributed by atoms with E-state index >= 15 is 0 Å². The number of carbonyl (C=O) groups is 2. The van der Waals surface area contributed by atoms with Gasteiger partial charge in [-0.25, -0.2) is 4.79 Å². The van der Waals surface area contributed by atoms with Crippen LogP contribution in [0.1, 0.15) is 72.1 Å². The highest BCUT2D eigenvalue weighted by Gasteiger charge is 3.04. The number of cyclic esters (lactones) is 1. The number of aliphatic hydroxyl groups is 1. The summed E-state index contributed by atoms with van der Waals surface area (Å²) in [7, 11) is -1.89. The fraction of sp³-hybridized carbons (Fsp3) is 0.522. The van der Waals surface area contributed by atoms with Crippen LogP contribution in [0.5, 0.6) is 0 Å². The molecular formula is C46H52BrO8P.